The lowest BCUT2D eigenvalue weighted by molar-refractivity contribution is 1.06. The fourth-order valence-corrected chi connectivity index (χ4v) is 2.32. The van der Waals surface area contributed by atoms with Crippen molar-refractivity contribution in [2.24, 2.45) is 0 Å². The SMILES string of the molecule is Cc1nc(Nc2ccc(Cl)cc2)cc(Nc2cccc(C#N)c2)n1. The Labute approximate surface area is 145 Å². The van der Waals surface area contributed by atoms with Crippen LogP contribution in [0.5, 0.6) is 0 Å². The van der Waals surface area contributed by atoms with E-state index in [1.54, 1.807) is 18.2 Å². The van der Waals surface area contributed by atoms with Gasteiger partial charge >= 0.3 is 0 Å². The van der Waals surface area contributed by atoms with E-state index in [-0.39, 0.29) is 0 Å². The van der Waals surface area contributed by atoms with Gasteiger partial charge < -0.3 is 10.6 Å². The Bertz CT molecular complexity index is 900. The van der Waals surface area contributed by atoms with Gasteiger partial charge in [-0.15, -0.1) is 0 Å². The van der Waals surface area contributed by atoms with Gasteiger partial charge in [0.25, 0.3) is 0 Å². The third-order valence-corrected chi connectivity index (χ3v) is 3.47. The molecule has 3 aromatic rings. The highest BCUT2D eigenvalue weighted by Gasteiger charge is 2.04. The Morgan fingerprint density at radius 3 is 2.25 bits per heavy atom. The predicted octanol–water partition coefficient (Wildman–Crippen LogP) is 4.80. The molecule has 0 amide bonds. The number of nitriles is 1. The van der Waals surface area contributed by atoms with E-state index in [0.29, 0.717) is 28.0 Å². The quantitative estimate of drug-likeness (QED) is 0.716. The topological polar surface area (TPSA) is 73.6 Å². The third-order valence-electron chi connectivity index (χ3n) is 3.22. The van der Waals surface area contributed by atoms with Gasteiger partial charge in [-0.25, -0.2) is 9.97 Å². The van der Waals surface area contributed by atoms with Crippen LogP contribution in [0.15, 0.2) is 54.6 Å². The monoisotopic (exact) mass is 335 g/mol. The van der Waals surface area contributed by atoms with E-state index in [2.05, 4.69) is 26.7 Å². The molecule has 0 aliphatic rings. The number of hydrogen-bond acceptors (Lipinski definition) is 5. The average molecular weight is 336 g/mol. The molecule has 6 heteroatoms. The van der Waals surface area contributed by atoms with Crippen molar-refractivity contribution in [3.63, 3.8) is 0 Å². The first-order valence-corrected chi connectivity index (χ1v) is 7.66. The number of nitrogens with zero attached hydrogens (tertiary/aromatic N) is 3. The van der Waals surface area contributed by atoms with Crippen molar-refractivity contribution in [1.82, 2.24) is 9.97 Å². The molecule has 24 heavy (non-hydrogen) atoms. The summed E-state index contributed by atoms with van der Waals surface area (Å²) < 4.78 is 0. The first-order chi connectivity index (χ1) is 11.6. The lowest BCUT2D eigenvalue weighted by Gasteiger charge is -2.10. The van der Waals surface area contributed by atoms with Crippen LogP contribution < -0.4 is 10.6 Å². The van der Waals surface area contributed by atoms with Gasteiger partial charge in [0.2, 0.25) is 0 Å². The summed E-state index contributed by atoms with van der Waals surface area (Å²) in [6.45, 7) is 1.82. The largest absolute Gasteiger partial charge is 0.340 e. The molecule has 0 bridgehead atoms. The molecule has 2 N–H and O–H groups in total. The average Bonchev–Trinajstić information content (AvgIpc) is 2.56. The van der Waals surface area contributed by atoms with Gasteiger partial charge in [-0.1, -0.05) is 17.7 Å². The first kappa shape index (κ1) is 15.8. The van der Waals surface area contributed by atoms with Crippen molar-refractivity contribution in [3.05, 3.63) is 71.0 Å². The van der Waals surface area contributed by atoms with Crippen molar-refractivity contribution < 1.29 is 0 Å². The second kappa shape index (κ2) is 6.99. The van der Waals surface area contributed by atoms with E-state index in [9.17, 15) is 0 Å². The van der Waals surface area contributed by atoms with Crippen molar-refractivity contribution in [2.45, 2.75) is 6.92 Å². The van der Waals surface area contributed by atoms with E-state index in [1.165, 1.54) is 0 Å². The summed E-state index contributed by atoms with van der Waals surface area (Å²) >= 11 is 5.89. The number of hydrogen-bond donors (Lipinski definition) is 2. The van der Waals surface area contributed by atoms with Gasteiger partial charge in [-0.3, -0.25) is 0 Å². The maximum Gasteiger partial charge on any atom is 0.136 e. The van der Waals surface area contributed by atoms with Crippen molar-refractivity contribution in [1.29, 1.82) is 5.26 Å². The zero-order valence-electron chi connectivity index (χ0n) is 12.9. The van der Waals surface area contributed by atoms with E-state index in [4.69, 9.17) is 16.9 Å². The molecule has 0 atom stereocenters. The summed E-state index contributed by atoms with van der Waals surface area (Å²) in [5.41, 5.74) is 2.27. The molecule has 0 aliphatic heterocycles. The summed E-state index contributed by atoms with van der Waals surface area (Å²) in [6, 6.07) is 18.5. The number of nitrogens with one attached hydrogen (secondary N) is 2. The molecule has 0 fully saturated rings. The zero-order chi connectivity index (χ0) is 16.9. The van der Waals surface area contributed by atoms with Crippen LogP contribution in [0, 0.1) is 18.3 Å². The summed E-state index contributed by atoms with van der Waals surface area (Å²) in [7, 11) is 0. The molecule has 2 aromatic carbocycles. The summed E-state index contributed by atoms with van der Waals surface area (Å²) in [4.78, 5) is 8.75. The summed E-state index contributed by atoms with van der Waals surface area (Å²) in [6.07, 6.45) is 0. The molecule has 0 radical (unpaired) electrons. The van der Waals surface area contributed by atoms with Crippen LogP contribution >= 0.6 is 11.6 Å². The van der Waals surface area contributed by atoms with Crippen LogP contribution in [0.3, 0.4) is 0 Å². The predicted molar refractivity (Wildman–Crippen MR) is 95.9 cm³/mol. The number of aryl methyl sites for hydroxylation is 1. The Kier molecular flexibility index (Phi) is 4.59. The smallest absolute Gasteiger partial charge is 0.136 e. The highest BCUT2D eigenvalue weighted by Crippen LogP contribution is 2.22. The number of halogens is 1. The molecule has 0 spiro atoms. The van der Waals surface area contributed by atoms with Gasteiger partial charge in [0.15, 0.2) is 0 Å². The van der Waals surface area contributed by atoms with E-state index in [0.717, 1.165) is 11.4 Å². The molecule has 1 aromatic heterocycles. The number of rotatable bonds is 4. The third kappa shape index (κ3) is 4.00. The molecule has 0 saturated carbocycles. The molecule has 0 saturated heterocycles. The molecule has 118 valence electrons. The normalized spacial score (nSPS) is 10.0. The number of anilines is 4. The maximum atomic E-state index is 8.98. The van der Waals surface area contributed by atoms with Crippen LogP contribution in [0.4, 0.5) is 23.0 Å². The van der Waals surface area contributed by atoms with Crippen LogP contribution in [0.25, 0.3) is 0 Å². The Balaban J connectivity index is 1.83. The highest BCUT2D eigenvalue weighted by atomic mass is 35.5. The van der Waals surface area contributed by atoms with Gasteiger partial charge in [-0.2, -0.15) is 5.26 Å². The second-order valence-corrected chi connectivity index (χ2v) is 5.57. The van der Waals surface area contributed by atoms with E-state index in [1.807, 2.05) is 43.3 Å². The van der Waals surface area contributed by atoms with Crippen LogP contribution in [-0.4, -0.2) is 9.97 Å². The lowest BCUT2D eigenvalue weighted by atomic mass is 10.2. The number of benzene rings is 2. The fourth-order valence-electron chi connectivity index (χ4n) is 2.19. The minimum atomic E-state index is 0.588. The zero-order valence-corrected chi connectivity index (χ0v) is 13.7. The highest BCUT2D eigenvalue weighted by molar-refractivity contribution is 6.30. The van der Waals surface area contributed by atoms with Crippen molar-refractivity contribution in [3.8, 4) is 6.07 Å². The van der Waals surface area contributed by atoms with Crippen molar-refractivity contribution in [2.75, 3.05) is 10.6 Å². The fraction of sp³-hybridized carbons (Fsp3) is 0.0556. The van der Waals surface area contributed by atoms with Crippen LogP contribution in [0.1, 0.15) is 11.4 Å². The minimum Gasteiger partial charge on any atom is -0.340 e. The van der Waals surface area contributed by atoms with Gasteiger partial charge in [0.05, 0.1) is 11.6 Å². The lowest BCUT2D eigenvalue weighted by Crippen LogP contribution is -2.01. The molecular weight excluding hydrogens is 322 g/mol. The Hall–Kier alpha value is -3.10. The van der Waals surface area contributed by atoms with Gasteiger partial charge in [0, 0.05) is 22.5 Å². The van der Waals surface area contributed by atoms with Crippen LogP contribution in [0.2, 0.25) is 5.02 Å². The molecule has 0 unspecified atom stereocenters. The maximum absolute atomic E-state index is 8.98. The number of aromatic nitrogens is 2. The van der Waals surface area contributed by atoms with Gasteiger partial charge in [-0.05, 0) is 49.4 Å². The Morgan fingerprint density at radius 2 is 1.58 bits per heavy atom. The molecule has 0 aliphatic carbocycles. The molecule has 5 nitrogen and oxygen atoms in total. The molecular formula is C18H14ClN5. The van der Waals surface area contributed by atoms with Gasteiger partial charge in [0.1, 0.15) is 17.5 Å². The first-order valence-electron chi connectivity index (χ1n) is 7.28. The summed E-state index contributed by atoms with van der Waals surface area (Å²) in [5, 5.41) is 16.1. The summed E-state index contributed by atoms with van der Waals surface area (Å²) in [5.74, 6) is 1.95. The standard InChI is InChI=1S/C18H14ClN5/c1-12-21-17(23-15-7-5-14(19)6-8-15)10-18(22-12)24-16-4-2-3-13(9-16)11-20/h2-10H,1H3,(H2,21,22,23,24). The Morgan fingerprint density at radius 1 is 0.917 bits per heavy atom. The minimum absolute atomic E-state index is 0.588. The molecule has 1 heterocycles. The van der Waals surface area contributed by atoms with Crippen LogP contribution in [-0.2, 0) is 0 Å². The molecule has 3 rings (SSSR count). The van der Waals surface area contributed by atoms with E-state index < -0.39 is 0 Å². The van der Waals surface area contributed by atoms with E-state index >= 15 is 0 Å². The second-order valence-electron chi connectivity index (χ2n) is 5.14. The van der Waals surface area contributed by atoms with Crippen molar-refractivity contribution >= 4 is 34.6 Å².